The summed E-state index contributed by atoms with van der Waals surface area (Å²) in [4.78, 5) is 31.3. The SMILES string of the molecule is CC[C@H](C)C(=O)NCc1cc2c(nc1OC)CN(C1CCCC1)C2=O. The Balaban J connectivity index is 1.78. The largest absolute Gasteiger partial charge is 0.481 e. The minimum Gasteiger partial charge on any atom is -0.481 e. The first-order valence-corrected chi connectivity index (χ1v) is 9.20. The molecule has 1 aromatic heterocycles. The number of aromatic nitrogens is 1. The van der Waals surface area contributed by atoms with E-state index in [1.54, 1.807) is 7.11 Å². The van der Waals surface area contributed by atoms with Crippen molar-refractivity contribution in [1.29, 1.82) is 0 Å². The van der Waals surface area contributed by atoms with Gasteiger partial charge in [-0.25, -0.2) is 4.98 Å². The third-order valence-corrected chi connectivity index (χ3v) is 5.42. The molecule has 6 nitrogen and oxygen atoms in total. The molecule has 2 heterocycles. The molecule has 1 saturated carbocycles. The van der Waals surface area contributed by atoms with Crippen molar-refractivity contribution >= 4 is 11.8 Å². The number of carbonyl (C=O) groups is 2. The molecule has 1 aliphatic heterocycles. The number of nitrogens with one attached hydrogen (secondary N) is 1. The molecule has 136 valence electrons. The number of nitrogens with zero attached hydrogens (tertiary/aromatic N) is 2. The Morgan fingerprint density at radius 2 is 2.16 bits per heavy atom. The van der Waals surface area contributed by atoms with Crippen molar-refractivity contribution in [3.05, 3.63) is 22.9 Å². The highest BCUT2D eigenvalue weighted by atomic mass is 16.5. The van der Waals surface area contributed by atoms with Crippen LogP contribution in [0.3, 0.4) is 0 Å². The Labute approximate surface area is 148 Å². The Hall–Kier alpha value is -2.11. The van der Waals surface area contributed by atoms with Crippen LogP contribution in [0.2, 0.25) is 0 Å². The first kappa shape index (κ1) is 17.7. The quantitative estimate of drug-likeness (QED) is 0.860. The average Bonchev–Trinajstić information content (AvgIpc) is 3.26. The molecule has 1 atom stereocenters. The van der Waals surface area contributed by atoms with E-state index in [2.05, 4.69) is 10.3 Å². The normalized spacial score (nSPS) is 18.4. The lowest BCUT2D eigenvalue weighted by atomic mass is 10.1. The van der Waals surface area contributed by atoms with E-state index < -0.39 is 0 Å². The van der Waals surface area contributed by atoms with Gasteiger partial charge in [-0.15, -0.1) is 0 Å². The summed E-state index contributed by atoms with van der Waals surface area (Å²) in [6, 6.07) is 2.18. The standard InChI is InChI=1S/C19H27N3O3/c1-4-12(2)17(23)20-10-13-9-15-16(21-18(13)25-3)11-22(19(15)24)14-7-5-6-8-14/h9,12,14H,4-8,10-11H2,1-3H3,(H,20,23)/t12-/m0/s1. The zero-order valence-electron chi connectivity index (χ0n) is 15.3. The number of carbonyl (C=O) groups excluding carboxylic acids is 2. The van der Waals surface area contributed by atoms with Gasteiger partial charge in [-0.2, -0.15) is 0 Å². The lowest BCUT2D eigenvalue weighted by Gasteiger charge is -2.22. The van der Waals surface area contributed by atoms with Crippen LogP contribution in [0.1, 0.15) is 67.6 Å². The van der Waals surface area contributed by atoms with Crippen LogP contribution in [-0.4, -0.2) is 34.8 Å². The molecule has 1 aromatic rings. The summed E-state index contributed by atoms with van der Waals surface area (Å²) in [5, 5.41) is 2.91. The van der Waals surface area contributed by atoms with E-state index in [0.29, 0.717) is 30.6 Å². The smallest absolute Gasteiger partial charge is 0.256 e. The maximum atomic E-state index is 12.8. The number of methoxy groups -OCH3 is 1. The molecule has 1 fully saturated rings. The molecule has 0 bridgehead atoms. The second-order valence-electron chi connectivity index (χ2n) is 7.05. The third-order valence-electron chi connectivity index (χ3n) is 5.42. The van der Waals surface area contributed by atoms with E-state index in [-0.39, 0.29) is 17.7 Å². The van der Waals surface area contributed by atoms with Crippen LogP contribution in [-0.2, 0) is 17.9 Å². The fourth-order valence-corrected chi connectivity index (χ4v) is 3.62. The summed E-state index contributed by atoms with van der Waals surface area (Å²) in [6.07, 6.45) is 5.33. The van der Waals surface area contributed by atoms with Crippen LogP contribution in [0.5, 0.6) is 5.88 Å². The zero-order chi connectivity index (χ0) is 18.0. The van der Waals surface area contributed by atoms with Gasteiger partial charge in [0.15, 0.2) is 0 Å². The summed E-state index contributed by atoms with van der Waals surface area (Å²) < 4.78 is 5.39. The highest BCUT2D eigenvalue weighted by molar-refractivity contribution is 5.98. The van der Waals surface area contributed by atoms with Crippen molar-refractivity contribution in [2.45, 2.75) is 65.1 Å². The second kappa shape index (κ2) is 7.42. The number of pyridine rings is 1. The van der Waals surface area contributed by atoms with Crippen LogP contribution >= 0.6 is 0 Å². The first-order valence-electron chi connectivity index (χ1n) is 9.20. The first-order chi connectivity index (χ1) is 12.0. The number of rotatable bonds is 6. The van der Waals surface area contributed by atoms with Crippen molar-refractivity contribution in [3.63, 3.8) is 0 Å². The van der Waals surface area contributed by atoms with E-state index in [1.165, 1.54) is 12.8 Å². The number of hydrogen-bond donors (Lipinski definition) is 1. The molecule has 0 aromatic carbocycles. The summed E-state index contributed by atoms with van der Waals surface area (Å²) in [5.74, 6) is 0.521. The Morgan fingerprint density at radius 1 is 1.44 bits per heavy atom. The van der Waals surface area contributed by atoms with Crippen LogP contribution in [0, 0.1) is 5.92 Å². The summed E-state index contributed by atoms with van der Waals surface area (Å²) >= 11 is 0. The van der Waals surface area contributed by atoms with Gasteiger partial charge in [0.2, 0.25) is 11.8 Å². The van der Waals surface area contributed by atoms with Gasteiger partial charge in [0.25, 0.3) is 5.91 Å². The van der Waals surface area contributed by atoms with Crippen LogP contribution < -0.4 is 10.1 Å². The van der Waals surface area contributed by atoms with Crippen molar-refractivity contribution in [2.75, 3.05) is 7.11 Å². The van der Waals surface area contributed by atoms with Crippen molar-refractivity contribution < 1.29 is 14.3 Å². The van der Waals surface area contributed by atoms with Gasteiger partial charge in [-0.3, -0.25) is 9.59 Å². The van der Waals surface area contributed by atoms with E-state index in [9.17, 15) is 9.59 Å². The average molecular weight is 345 g/mol. The molecular formula is C19H27N3O3. The fourth-order valence-electron chi connectivity index (χ4n) is 3.62. The lowest BCUT2D eigenvalue weighted by Crippen LogP contribution is -2.33. The van der Waals surface area contributed by atoms with Gasteiger partial charge in [0.05, 0.1) is 24.9 Å². The van der Waals surface area contributed by atoms with Gasteiger partial charge in [0, 0.05) is 24.1 Å². The molecule has 0 saturated heterocycles. The molecule has 0 spiro atoms. The van der Waals surface area contributed by atoms with Crippen LogP contribution in [0.15, 0.2) is 6.07 Å². The highest BCUT2D eigenvalue weighted by Gasteiger charge is 2.35. The molecule has 6 heteroatoms. The molecule has 25 heavy (non-hydrogen) atoms. The zero-order valence-corrected chi connectivity index (χ0v) is 15.3. The van der Waals surface area contributed by atoms with E-state index >= 15 is 0 Å². The second-order valence-corrected chi connectivity index (χ2v) is 7.05. The highest BCUT2D eigenvalue weighted by Crippen LogP contribution is 2.33. The maximum absolute atomic E-state index is 12.8. The van der Waals surface area contributed by atoms with Gasteiger partial charge >= 0.3 is 0 Å². The molecule has 2 aliphatic rings. The number of ether oxygens (including phenoxy) is 1. The van der Waals surface area contributed by atoms with Crippen molar-refractivity contribution in [1.82, 2.24) is 15.2 Å². The van der Waals surface area contributed by atoms with Gasteiger partial charge in [-0.05, 0) is 25.3 Å². The summed E-state index contributed by atoms with van der Waals surface area (Å²) in [7, 11) is 1.57. The lowest BCUT2D eigenvalue weighted by molar-refractivity contribution is -0.124. The maximum Gasteiger partial charge on any atom is 0.256 e. The number of hydrogen-bond acceptors (Lipinski definition) is 4. The molecule has 2 amide bonds. The monoisotopic (exact) mass is 345 g/mol. The molecular weight excluding hydrogens is 318 g/mol. The molecule has 0 radical (unpaired) electrons. The summed E-state index contributed by atoms with van der Waals surface area (Å²) in [5.41, 5.74) is 2.19. The van der Waals surface area contributed by atoms with Crippen LogP contribution in [0.25, 0.3) is 0 Å². The minimum atomic E-state index is -0.0344. The Kier molecular flexibility index (Phi) is 5.25. The van der Waals surface area contributed by atoms with Gasteiger partial charge < -0.3 is 15.0 Å². The van der Waals surface area contributed by atoms with Crippen LogP contribution in [0.4, 0.5) is 0 Å². The van der Waals surface area contributed by atoms with E-state index in [4.69, 9.17) is 4.74 Å². The van der Waals surface area contributed by atoms with Gasteiger partial charge in [-0.1, -0.05) is 26.7 Å². The molecule has 3 rings (SSSR count). The number of fused-ring (bicyclic) bond motifs is 1. The number of amides is 2. The molecule has 1 aliphatic carbocycles. The molecule has 0 unspecified atom stereocenters. The predicted molar refractivity (Wildman–Crippen MR) is 94.2 cm³/mol. The molecule has 1 N–H and O–H groups in total. The predicted octanol–water partition coefficient (Wildman–Crippen LogP) is 2.65. The third kappa shape index (κ3) is 3.48. The topological polar surface area (TPSA) is 71.5 Å². The Morgan fingerprint density at radius 3 is 2.80 bits per heavy atom. The van der Waals surface area contributed by atoms with E-state index in [1.807, 2.05) is 24.8 Å². The van der Waals surface area contributed by atoms with Crippen molar-refractivity contribution in [3.8, 4) is 5.88 Å². The van der Waals surface area contributed by atoms with Crippen molar-refractivity contribution in [2.24, 2.45) is 5.92 Å². The Bertz CT molecular complexity index is 668. The summed E-state index contributed by atoms with van der Waals surface area (Å²) in [6.45, 7) is 4.77. The van der Waals surface area contributed by atoms with E-state index in [0.717, 1.165) is 30.5 Å². The fraction of sp³-hybridized carbons (Fsp3) is 0.632. The minimum absolute atomic E-state index is 0.00367. The van der Waals surface area contributed by atoms with Gasteiger partial charge in [0.1, 0.15) is 0 Å².